The minimum absolute atomic E-state index is 0.0201. The fraction of sp³-hybridized carbons (Fsp3) is 0.385. The number of likely N-dealkylation sites (tertiary alicyclic amines) is 1. The normalized spacial score (nSPS) is 29.0. The van der Waals surface area contributed by atoms with E-state index >= 15 is 0 Å². The maximum Gasteiger partial charge on any atom is 0.233 e. The minimum atomic E-state index is -0.638. The topological polar surface area (TPSA) is 91.8 Å². The fourth-order valence-corrected chi connectivity index (χ4v) is 6.38. The first kappa shape index (κ1) is 22.0. The molecule has 5 rings (SSSR count). The number of amides is 2. The lowest BCUT2D eigenvalue weighted by Crippen LogP contribution is -2.39. The second-order valence-corrected chi connectivity index (χ2v) is 10.2. The van der Waals surface area contributed by atoms with Crippen LogP contribution in [0.4, 0.5) is 0 Å². The largest absolute Gasteiger partial charge is 0.508 e. The van der Waals surface area contributed by atoms with E-state index in [1.807, 2.05) is 13.0 Å². The van der Waals surface area contributed by atoms with E-state index in [4.69, 9.17) is 0 Å². The third kappa shape index (κ3) is 3.20. The average molecular weight is 510 g/mol. The number of aromatic hydroxyl groups is 1. The number of phenolic OH excluding ortho intramolecular Hbond substituents is 1. The van der Waals surface area contributed by atoms with Crippen LogP contribution in [0.5, 0.6) is 5.75 Å². The molecule has 4 aliphatic rings. The number of benzene rings is 1. The second kappa shape index (κ2) is 7.90. The zero-order chi connectivity index (χ0) is 23.6. The van der Waals surface area contributed by atoms with E-state index < -0.39 is 17.8 Å². The van der Waals surface area contributed by atoms with Crippen LogP contribution in [0.3, 0.4) is 0 Å². The van der Waals surface area contributed by atoms with Gasteiger partial charge in [0.2, 0.25) is 11.8 Å². The number of hydrogen-bond acceptors (Lipinski definition) is 5. The number of nitrogens with zero attached hydrogens (tertiary/aromatic N) is 1. The predicted octanol–water partition coefficient (Wildman–Crippen LogP) is 3.99. The SMILES string of the molecule is CCCN1C(=O)C2CC=C3C(c4cc(Br)ccc4O)C4=C(CC3C2C1=O)C(=O)C(C)=CC4=O. The highest BCUT2D eigenvalue weighted by Gasteiger charge is 2.56. The van der Waals surface area contributed by atoms with Crippen molar-refractivity contribution in [1.82, 2.24) is 4.90 Å². The summed E-state index contributed by atoms with van der Waals surface area (Å²) in [5.74, 6) is -2.76. The van der Waals surface area contributed by atoms with E-state index in [0.29, 0.717) is 41.7 Å². The molecule has 2 amide bonds. The van der Waals surface area contributed by atoms with Crippen LogP contribution >= 0.6 is 15.9 Å². The molecule has 0 spiro atoms. The van der Waals surface area contributed by atoms with Gasteiger partial charge in [-0.3, -0.25) is 24.1 Å². The van der Waals surface area contributed by atoms with Gasteiger partial charge in [0.1, 0.15) is 5.75 Å². The highest BCUT2D eigenvalue weighted by molar-refractivity contribution is 9.10. The number of Topliss-reactive ketones (excluding diaryl/α,β-unsaturated/α-hetero) is 1. The van der Waals surface area contributed by atoms with E-state index in [-0.39, 0.29) is 41.5 Å². The Balaban J connectivity index is 1.70. The van der Waals surface area contributed by atoms with E-state index in [1.54, 1.807) is 25.1 Å². The van der Waals surface area contributed by atoms with Gasteiger partial charge in [-0.2, -0.15) is 0 Å². The average Bonchev–Trinajstić information content (AvgIpc) is 3.03. The minimum Gasteiger partial charge on any atom is -0.508 e. The lowest BCUT2D eigenvalue weighted by molar-refractivity contribution is -0.140. The zero-order valence-electron chi connectivity index (χ0n) is 18.4. The van der Waals surface area contributed by atoms with Crippen molar-refractivity contribution in [1.29, 1.82) is 0 Å². The molecule has 1 N–H and O–H groups in total. The molecule has 1 saturated heterocycles. The molecule has 7 heteroatoms. The monoisotopic (exact) mass is 509 g/mol. The first-order chi connectivity index (χ1) is 15.7. The molecule has 1 aromatic carbocycles. The van der Waals surface area contributed by atoms with Crippen molar-refractivity contribution in [3.8, 4) is 5.75 Å². The Morgan fingerprint density at radius 1 is 1.12 bits per heavy atom. The fourth-order valence-electron chi connectivity index (χ4n) is 6.00. The summed E-state index contributed by atoms with van der Waals surface area (Å²) < 4.78 is 0.733. The standard InChI is InChI=1S/C26H24BrNO5/c1-3-8-28-25(32)15-6-5-14-16(22(15)26(28)33)11-18-23(20(30)9-12(2)24(18)31)21(14)17-10-13(27)4-7-19(17)29/h4-5,7,9-10,15-16,21-22,29H,3,6,8,11H2,1-2H3. The maximum atomic E-state index is 13.4. The van der Waals surface area contributed by atoms with E-state index in [0.717, 1.165) is 10.0 Å². The Morgan fingerprint density at radius 3 is 2.61 bits per heavy atom. The number of fused-ring (bicyclic) bond motifs is 3. The van der Waals surface area contributed by atoms with Crippen molar-refractivity contribution >= 4 is 39.3 Å². The molecule has 1 heterocycles. The van der Waals surface area contributed by atoms with Crippen molar-refractivity contribution in [2.24, 2.45) is 17.8 Å². The van der Waals surface area contributed by atoms with Gasteiger partial charge in [-0.15, -0.1) is 0 Å². The first-order valence-electron chi connectivity index (χ1n) is 11.3. The zero-order valence-corrected chi connectivity index (χ0v) is 20.0. The molecule has 6 nitrogen and oxygen atoms in total. The molecular weight excluding hydrogens is 486 g/mol. The van der Waals surface area contributed by atoms with Gasteiger partial charge >= 0.3 is 0 Å². The van der Waals surface area contributed by atoms with Crippen molar-refractivity contribution in [3.05, 3.63) is 62.7 Å². The number of carbonyl (C=O) groups excluding carboxylic acids is 4. The molecule has 0 aromatic heterocycles. The van der Waals surface area contributed by atoms with Gasteiger partial charge in [-0.05, 0) is 56.4 Å². The van der Waals surface area contributed by atoms with E-state index in [2.05, 4.69) is 15.9 Å². The van der Waals surface area contributed by atoms with Gasteiger partial charge in [-0.25, -0.2) is 0 Å². The van der Waals surface area contributed by atoms with Crippen LogP contribution in [0.25, 0.3) is 0 Å². The summed E-state index contributed by atoms with van der Waals surface area (Å²) in [5, 5.41) is 10.8. The molecule has 4 unspecified atom stereocenters. The molecule has 3 aliphatic carbocycles. The number of imide groups is 1. The van der Waals surface area contributed by atoms with Crippen LogP contribution in [0.15, 0.2) is 57.1 Å². The molecule has 0 radical (unpaired) electrons. The first-order valence-corrected chi connectivity index (χ1v) is 12.1. The van der Waals surface area contributed by atoms with Crippen molar-refractivity contribution in [2.45, 2.75) is 39.0 Å². The summed E-state index contributed by atoms with van der Waals surface area (Å²) in [6.07, 6.45) is 4.67. The van der Waals surface area contributed by atoms with Gasteiger partial charge in [-0.1, -0.05) is 34.5 Å². The van der Waals surface area contributed by atoms with Gasteiger partial charge in [0, 0.05) is 39.2 Å². The Bertz CT molecular complexity index is 1220. The molecular formula is C26H24BrNO5. The third-order valence-electron chi connectivity index (χ3n) is 7.40. The summed E-state index contributed by atoms with van der Waals surface area (Å²) in [6.45, 7) is 3.94. The summed E-state index contributed by atoms with van der Waals surface area (Å²) in [4.78, 5) is 54.1. The molecule has 1 aliphatic heterocycles. The molecule has 170 valence electrons. The lowest BCUT2D eigenvalue weighted by atomic mass is 9.59. The van der Waals surface area contributed by atoms with Crippen molar-refractivity contribution in [2.75, 3.05) is 6.54 Å². The highest BCUT2D eigenvalue weighted by Crippen LogP contribution is 2.56. The molecule has 33 heavy (non-hydrogen) atoms. The Labute approximate surface area is 200 Å². The summed E-state index contributed by atoms with van der Waals surface area (Å²) in [7, 11) is 0. The van der Waals surface area contributed by atoms with Gasteiger partial charge in [0.15, 0.2) is 11.6 Å². The number of rotatable bonds is 3. The molecule has 4 atom stereocenters. The Kier molecular flexibility index (Phi) is 5.27. The third-order valence-corrected chi connectivity index (χ3v) is 7.89. The summed E-state index contributed by atoms with van der Waals surface area (Å²) in [6, 6.07) is 5.02. The molecule has 0 bridgehead atoms. The van der Waals surface area contributed by atoms with Crippen LogP contribution in [0, 0.1) is 17.8 Å². The van der Waals surface area contributed by atoms with Crippen LogP contribution in [-0.2, 0) is 19.2 Å². The van der Waals surface area contributed by atoms with Gasteiger partial charge in [0.05, 0.1) is 11.8 Å². The molecule has 0 saturated carbocycles. The number of ketones is 2. The van der Waals surface area contributed by atoms with Crippen LogP contribution in [0.1, 0.15) is 44.6 Å². The van der Waals surface area contributed by atoms with Gasteiger partial charge in [0.25, 0.3) is 0 Å². The van der Waals surface area contributed by atoms with Crippen molar-refractivity contribution < 1.29 is 24.3 Å². The number of carbonyl (C=O) groups is 4. The number of phenols is 1. The van der Waals surface area contributed by atoms with Crippen LogP contribution in [-0.4, -0.2) is 39.9 Å². The molecule has 1 aromatic rings. The smallest absolute Gasteiger partial charge is 0.233 e. The lowest BCUT2D eigenvalue weighted by Gasteiger charge is -2.42. The summed E-state index contributed by atoms with van der Waals surface area (Å²) >= 11 is 3.45. The van der Waals surface area contributed by atoms with Crippen LogP contribution < -0.4 is 0 Å². The number of halogens is 1. The summed E-state index contributed by atoms with van der Waals surface area (Å²) in [5.41, 5.74) is 2.51. The van der Waals surface area contributed by atoms with E-state index in [9.17, 15) is 24.3 Å². The van der Waals surface area contributed by atoms with Crippen molar-refractivity contribution in [3.63, 3.8) is 0 Å². The predicted molar refractivity (Wildman–Crippen MR) is 124 cm³/mol. The number of hydrogen-bond donors (Lipinski definition) is 1. The quantitative estimate of drug-likeness (QED) is 0.377. The molecule has 1 fully saturated rings. The number of allylic oxidation sites excluding steroid dienone is 6. The van der Waals surface area contributed by atoms with Gasteiger partial charge < -0.3 is 5.11 Å². The van der Waals surface area contributed by atoms with E-state index in [1.165, 1.54) is 11.0 Å². The van der Waals surface area contributed by atoms with Crippen LogP contribution in [0.2, 0.25) is 0 Å². The Hall–Kier alpha value is -2.80. The highest BCUT2D eigenvalue weighted by atomic mass is 79.9. The second-order valence-electron chi connectivity index (χ2n) is 9.26. The Morgan fingerprint density at radius 2 is 1.88 bits per heavy atom. The maximum absolute atomic E-state index is 13.4.